The molecule has 3 rings (SSSR count). The molecule has 0 unspecified atom stereocenters. The number of ether oxygens (including phenoxy) is 2. The van der Waals surface area contributed by atoms with Crippen molar-refractivity contribution < 1.29 is 18.8 Å². The Morgan fingerprint density at radius 2 is 1.86 bits per heavy atom. The second-order valence-electron chi connectivity index (χ2n) is 6.28. The summed E-state index contributed by atoms with van der Waals surface area (Å²) in [4.78, 5) is 16.4. The average molecular weight is 416 g/mol. The summed E-state index contributed by atoms with van der Waals surface area (Å²) in [6.45, 7) is 1.48. The zero-order valence-corrected chi connectivity index (χ0v) is 16.8. The van der Waals surface area contributed by atoms with E-state index in [0.717, 1.165) is 16.9 Å². The van der Waals surface area contributed by atoms with Crippen LogP contribution in [0, 0.1) is 0 Å². The summed E-state index contributed by atoms with van der Waals surface area (Å²) in [5, 5.41) is 7.46. The van der Waals surface area contributed by atoms with E-state index < -0.39 is 0 Å². The molecule has 0 atom stereocenters. The first kappa shape index (κ1) is 20.8. The molecule has 1 heterocycles. The smallest absolute Gasteiger partial charge is 0.227 e. The van der Waals surface area contributed by atoms with E-state index >= 15 is 0 Å². The fourth-order valence-electron chi connectivity index (χ4n) is 2.53. The van der Waals surface area contributed by atoms with E-state index in [4.69, 9.17) is 25.6 Å². The zero-order chi connectivity index (χ0) is 20.5. The summed E-state index contributed by atoms with van der Waals surface area (Å²) in [6, 6.07) is 14.7. The van der Waals surface area contributed by atoms with Gasteiger partial charge in [0.25, 0.3) is 0 Å². The molecule has 0 aliphatic heterocycles. The molecule has 8 heteroatoms. The van der Waals surface area contributed by atoms with Crippen LogP contribution in [0.4, 0.5) is 0 Å². The summed E-state index contributed by atoms with van der Waals surface area (Å²) < 4.78 is 15.7. The first-order valence-electron chi connectivity index (χ1n) is 9.20. The third kappa shape index (κ3) is 6.58. The molecule has 0 aliphatic rings. The maximum absolute atomic E-state index is 12.1. The number of hydrogen-bond acceptors (Lipinski definition) is 6. The lowest BCUT2D eigenvalue weighted by Gasteiger charge is -2.07. The summed E-state index contributed by atoms with van der Waals surface area (Å²) in [6.07, 6.45) is 0.638. The van der Waals surface area contributed by atoms with Crippen molar-refractivity contribution >= 4 is 17.5 Å². The lowest BCUT2D eigenvalue weighted by Crippen LogP contribution is -2.23. The second kappa shape index (κ2) is 10.6. The van der Waals surface area contributed by atoms with Gasteiger partial charge < -0.3 is 19.3 Å². The van der Waals surface area contributed by atoms with Gasteiger partial charge in [-0.05, 0) is 42.0 Å². The number of carbonyl (C=O) groups excluding carboxylic acids is 1. The van der Waals surface area contributed by atoms with Crippen LogP contribution >= 0.6 is 11.6 Å². The highest BCUT2D eigenvalue weighted by atomic mass is 35.5. The number of amides is 1. The number of halogens is 1. The minimum atomic E-state index is -0.0864. The Labute approximate surface area is 174 Å². The van der Waals surface area contributed by atoms with Gasteiger partial charge in [0.1, 0.15) is 12.4 Å². The van der Waals surface area contributed by atoms with Gasteiger partial charge in [-0.2, -0.15) is 4.98 Å². The molecule has 2 aromatic carbocycles. The molecule has 0 fully saturated rings. The maximum atomic E-state index is 12.1. The molecule has 0 aliphatic carbocycles. The van der Waals surface area contributed by atoms with Gasteiger partial charge in [-0.1, -0.05) is 28.9 Å². The highest BCUT2D eigenvalue weighted by Gasteiger charge is 2.11. The molecule has 0 bridgehead atoms. The predicted molar refractivity (Wildman–Crippen MR) is 109 cm³/mol. The van der Waals surface area contributed by atoms with Gasteiger partial charge in [-0.15, -0.1) is 0 Å². The van der Waals surface area contributed by atoms with Gasteiger partial charge in [0.2, 0.25) is 17.6 Å². The first-order chi connectivity index (χ1) is 14.1. The van der Waals surface area contributed by atoms with E-state index in [1.807, 2.05) is 36.4 Å². The molecule has 3 aromatic rings. The molecule has 1 aromatic heterocycles. The molecular formula is C21H22ClN3O4. The van der Waals surface area contributed by atoms with Crippen LogP contribution in [0.1, 0.15) is 17.9 Å². The third-order valence-electron chi connectivity index (χ3n) is 4.11. The van der Waals surface area contributed by atoms with Crippen LogP contribution in [0.2, 0.25) is 5.02 Å². The van der Waals surface area contributed by atoms with E-state index in [9.17, 15) is 4.79 Å². The Kier molecular flexibility index (Phi) is 7.61. The second-order valence-corrected chi connectivity index (χ2v) is 6.72. The van der Waals surface area contributed by atoms with Gasteiger partial charge in [0.15, 0.2) is 0 Å². The maximum Gasteiger partial charge on any atom is 0.227 e. The predicted octanol–water partition coefficient (Wildman–Crippen LogP) is 3.66. The van der Waals surface area contributed by atoms with Gasteiger partial charge in [-0.3, -0.25) is 4.79 Å². The lowest BCUT2D eigenvalue weighted by molar-refractivity contribution is -0.121. The van der Waals surface area contributed by atoms with Crippen LogP contribution in [-0.4, -0.2) is 36.4 Å². The van der Waals surface area contributed by atoms with Crippen molar-refractivity contribution in [3.05, 3.63) is 65.0 Å². The number of methoxy groups -OCH3 is 1. The van der Waals surface area contributed by atoms with Crippen molar-refractivity contribution in [3.8, 4) is 17.1 Å². The number of aromatic nitrogens is 2. The van der Waals surface area contributed by atoms with Crippen LogP contribution in [-0.2, 0) is 22.5 Å². The summed E-state index contributed by atoms with van der Waals surface area (Å²) in [5.74, 6) is 1.58. The molecule has 0 saturated carbocycles. The molecule has 0 radical (unpaired) electrons. The molecule has 1 amide bonds. The Morgan fingerprint density at radius 1 is 1.10 bits per heavy atom. The number of aryl methyl sites for hydroxylation is 1. The Bertz CT molecular complexity index is 910. The van der Waals surface area contributed by atoms with E-state index in [-0.39, 0.29) is 12.3 Å². The number of nitrogens with one attached hydrogen (secondary N) is 1. The topological polar surface area (TPSA) is 86.5 Å². The zero-order valence-electron chi connectivity index (χ0n) is 16.1. The van der Waals surface area contributed by atoms with E-state index in [1.165, 1.54) is 0 Å². The Hall–Kier alpha value is -2.90. The van der Waals surface area contributed by atoms with Gasteiger partial charge >= 0.3 is 0 Å². The third-order valence-corrected chi connectivity index (χ3v) is 4.36. The van der Waals surface area contributed by atoms with Crippen LogP contribution in [0.5, 0.6) is 5.75 Å². The first-order valence-corrected chi connectivity index (χ1v) is 9.58. The highest BCUT2D eigenvalue weighted by Crippen LogP contribution is 2.19. The highest BCUT2D eigenvalue weighted by molar-refractivity contribution is 6.30. The Morgan fingerprint density at radius 3 is 2.59 bits per heavy atom. The van der Waals surface area contributed by atoms with Gasteiger partial charge in [0, 0.05) is 37.1 Å². The van der Waals surface area contributed by atoms with Crippen LogP contribution in [0.15, 0.2) is 53.1 Å². The minimum Gasteiger partial charge on any atom is -0.491 e. The van der Waals surface area contributed by atoms with Gasteiger partial charge in [-0.25, -0.2) is 0 Å². The molecule has 1 N–H and O–H groups in total. The fraction of sp³-hybridized carbons (Fsp3) is 0.286. The number of hydrogen-bond donors (Lipinski definition) is 1. The average Bonchev–Trinajstić information content (AvgIpc) is 3.21. The largest absolute Gasteiger partial charge is 0.491 e. The number of rotatable bonds is 10. The van der Waals surface area contributed by atoms with Crippen molar-refractivity contribution in [1.29, 1.82) is 0 Å². The van der Waals surface area contributed by atoms with E-state index in [0.29, 0.717) is 42.9 Å². The lowest BCUT2D eigenvalue weighted by atomic mass is 10.2. The number of benzene rings is 2. The van der Waals surface area contributed by atoms with Crippen LogP contribution in [0.3, 0.4) is 0 Å². The van der Waals surface area contributed by atoms with Gasteiger partial charge in [0.05, 0.1) is 6.61 Å². The van der Waals surface area contributed by atoms with Crippen molar-refractivity contribution in [2.75, 3.05) is 20.3 Å². The fourth-order valence-corrected chi connectivity index (χ4v) is 2.65. The quantitative estimate of drug-likeness (QED) is 0.508. The number of nitrogens with zero attached hydrogens (tertiary/aromatic N) is 2. The molecular weight excluding hydrogens is 394 g/mol. The monoisotopic (exact) mass is 415 g/mol. The minimum absolute atomic E-state index is 0.0864. The van der Waals surface area contributed by atoms with Crippen molar-refractivity contribution in [2.24, 2.45) is 0 Å². The SMILES string of the molecule is COCCOc1ccc(CNC(=O)CCc2nc(-c3ccc(Cl)cc3)no2)cc1. The molecule has 0 saturated heterocycles. The van der Waals surface area contributed by atoms with Crippen molar-refractivity contribution in [3.63, 3.8) is 0 Å². The molecule has 29 heavy (non-hydrogen) atoms. The summed E-state index contributed by atoms with van der Waals surface area (Å²) >= 11 is 5.88. The van der Waals surface area contributed by atoms with E-state index in [2.05, 4.69) is 15.5 Å². The molecule has 152 valence electrons. The molecule has 7 nitrogen and oxygen atoms in total. The van der Waals surface area contributed by atoms with Crippen molar-refractivity contribution in [2.45, 2.75) is 19.4 Å². The summed E-state index contributed by atoms with van der Waals surface area (Å²) in [5.41, 5.74) is 1.80. The Balaban J connectivity index is 1.41. The number of carbonyl (C=O) groups is 1. The van der Waals surface area contributed by atoms with E-state index in [1.54, 1.807) is 19.2 Å². The van der Waals surface area contributed by atoms with Crippen molar-refractivity contribution in [1.82, 2.24) is 15.5 Å². The standard InChI is InChI=1S/C21H22ClN3O4/c1-27-12-13-28-18-8-2-15(3-9-18)14-23-19(26)10-11-20-24-21(25-29-20)16-4-6-17(22)7-5-16/h2-9H,10-14H2,1H3,(H,23,26). The molecule has 0 spiro atoms. The van der Waals surface area contributed by atoms with Crippen LogP contribution < -0.4 is 10.1 Å². The van der Waals surface area contributed by atoms with Crippen LogP contribution in [0.25, 0.3) is 11.4 Å². The summed E-state index contributed by atoms with van der Waals surface area (Å²) in [7, 11) is 1.63. The normalized spacial score (nSPS) is 10.7.